The lowest BCUT2D eigenvalue weighted by Gasteiger charge is -2.09. The molecule has 0 saturated carbocycles. The summed E-state index contributed by atoms with van der Waals surface area (Å²) in [5, 5.41) is 22.3. The third kappa shape index (κ3) is 3.73. The maximum Gasteiger partial charge on any atom is 0.303 e. The van der Waals surface area contributed by atoms with Gasteiger partial charge in [0.15, 0.2) is 0 Å². The van der Waals surface area contributed by atoms with Crippen LogP contribution < -0.4 is 5.32 Å². The molecule has 18 heavy (non-hydrogen) atoms. The van der Waals surface area contributed by atoms with Gasteiger partial charge in [0.05, 0.1) is 4.92 Å². The Morgan fingerprint density at radius 2 is 2.00 bits per heavy atom. The van der Waals surface area contributed by atoms with Crippen molar-refractivity contribution in [3.63, 3.8) is 0 Å². The van der Waals surface area contributed by atoms with Gasteiger partial charge in [-0.2, -0.15) is 0 Å². The summed E-state index contributed by atoms with van der Waals surface area (Å²) in [4.78, 5) is 20.8. The van der Waals surface area contributed by atoms with Gasteiger partial charge in [0.25, 0.3) is 5.69 Å². The van der Waals surface area contributed by atoms with Gasteiger partial charge in [-0.05, 0) is 37.5 Å². The molecule has 0 fully saturated rings. The second-order valence-corrected chi connectivity index (χ2v) is 4.13. The van der Waals surface area contributed by atoms with E-state index in [9.17, 15) is 14.9 Å². The minimum absolute atomic E-state index is 0.0217. The van der Waals surface area contributed by atoms with E-state index in [1.165, 1.54) is 6.07 Å². The number of nitro groups is 1. The van der Waals surface area contributed by atoms with Crippen molar-refractivity contribution in [3.8, 4) is 0 Å². The number of benzene rings is 1. The number of anilines is 1. The Hall–Kier alpha value is -2.11. The summed E-state index contributed by atoms with van der Waals surface area (Å²) in [5.41, 5.74) is 2.28. The number of nitro benzene ring substituents is 1. The van der Waals surface area contributed by atoms with Crippen LogP contribution in [0.3, 0.4) is 0 Å². The zero-order chi connectivity index (χ0) is 13.7. The molecular weight excluding hydrogens is 236 g/mol. The number of hydrogen-bond acceptors (Lipinski definition) is 4. The number of carboxylic acid groups (broad SMARTS) is 1. The summed E-state index contributed by atoms with van der Waals surface area (Å²) in [7, 11) is 0. The van der Waals surface area contributed by atoms with Crippen LogP contribution in [0, 0.1) is 24.0 Å². The van der Waals surface area contributed by atoms with Crippen molar-refractivity contribution in [3.05, 3.63) is 33.4 Å². The van der Waals surface area contributed by atoms with E-state index >= 15 is 0 Å². The highest BCUT2D eigenvalue weighted by Crippen LogP contribution is 2.27. The fourth-order valence-corrected chi connectivity index (χ4v) is 1.56. The number of rotatable bonds is 6. The fraction of sp³-hybridized carbons (Fsp3) is 0.417. The van der Waals surface area contributed by atoms with Crippen LogP contribution in [-0.4, -0.2) is 22.5 Å². The molecule has 0 aliphatic rings. The molecule has 0 spiro atoms. The average Bonchev–Trinajstić information content (AvgIpc) is 2.28. The van der Waals surface area contributed by atoms with Gasteiger partial charge in [0, 0.05) is 19.0 Å². The number of nitrogens with zero attached hydrogens (tertiary/aromatic N) is 1. The third-order valence-corrected chi connectivity index (χ3v) is 2.69. The number of carbonyl (C=O) groups is 1. The molecule has 0 atom stereocenters. The number of nitrogens with one attached hydrogen (secondary N) is 1. The second kappa shape index (κ2) is 6.00. The van der Waals surface area contributed by atoms with E-state index in [4.69, 9.17) is 5.11 Å². The van der Waals surface area contributed by atoms with E-state index in [2.05, 4.69) is 5.32 Å². The van der Waals surface area contributed by atoms with E-state index < -0.39 is 10.9 Å². The molecule has 98 valence electrons. The van der Waals surface area contributed by atoms with Gasteiger partial charge in [-0.25, -0.2) is 0 Å². The van der Waals surface area contributed by atoms with Gasteiger partial charge in [0.2, 0.25) is 0 Å². The highest BCUT2D eigenvalue weighted by atomic mass is 16.6. The Morgan fingerprint density at radius 3 is 2.56 bits per heavy atom. The molecule has 1 rings (SSSR count). The van der Waals surface area contributed by atoms with E-state index in [1.54, 1.807) is 6.07 Å². The summed E-state index contributed by atoms with van der Waals surface area (Å²) in [6.07, 6.45) is 0.477. The molecule has 0 aliphatic carbocycles. The molecule has 6 nitrogen and oxygen atoms in total. The van der Waals surface area contributed by atoms with E-state index in [1.807, 2.05) is 13.8 Å². The van der Waals surface area contributed by atoms with Crippen molar-refractivity contribution < 1.29 is 14.8 Å². The predicted octanol–water partition coefficient (Wildman–Crippen LogP) is 2.49. The minimum atomic E-state index is -0.869. The molecule has 0 aliphatic heterocycles. The van der Waals surface area contributed by atoms with Crippen molar-refractivity contribution in [1.29, 1.82) is 0 Å². The Balaban J connectivity index is 2.77. The number of carboxylic acids is 1. The lowest BCUT2D eigenvalue weighted by molar-refractivity contribution is -0.384. The Bertz CT molecular complexity index is 471. The molecule has 2 N–H and O–H groups in total. The van der Waals surface area contributed by atoms with Gasteiger partial charge < -0.3 is 10.4 Å². The van der Waals surface area contributed by atoms with Crippen LogP contribution in [-0.2, 0) is 4.79 Å². The number of aliphatic carboxylic acids is 1. The minimum Gasteiger partial charge on any atom is -0.481 e. The summed E-state index contributed by atoms with van der Waals surface area (Å²) in [6, 6.07) is 3.24. The summed E-state index contributed by atoms with van der Waals surface area (Å²) >= 11 is 0. The van der Waals surface area contributed by atoms with Crippen LogP contribution in [0.15, 0.2) is 12.1 Å². The molecule has 1 aromatic carbocycles. The van der Waals surface area contributed by atoms with Gasteiger partial charge >= 0.3 is 5.97 Å². The highest BCUT2D eigenvalue weighted by Gasteiger charge is 2.14. The normalized spacial score (nSPS) is 10.1. The van der Waals surface area contributed by atoms with E-state index in [0.717, 1.165) is 11.1 Å². The first-order valence-electron chi connectivity index (χ1n) is 5.63. The standard InChI is InChI=1S/C12H16N2O4/c1-8-6-10(13-5-3-4-12(15)16)11(14(17)18)7-9(8)2/h6-7,13H,3-5H2,1-2H3,(H,15,16). The van der Waals surface area contributed by atoms with Crippen LogP contribution in [0.25, 0.3) is 0 Å². The maximum atomic E-state index is 10.9. The third-order valence-electron chi connectivity index (χ3n) is 2.69. The Labute approximate surface area is 105 Å². The average molecular weight is 252 g/mol. The SMILES string of the molecule is Cc1cc(NCCCC(=O)O)c([N+](=O)[O-])cc1C. The Morgan fingerprint density at radius 1 is 1.39 bits per heavy atom. The molecule has 0 heterocycles. The van der Waals surface area contributed by atoms with Crippen LogP contribution in [0.2, 0.25) is 0 Å². The molecule has 0 amide bonds. The zero-order valence-electron chi connectivity index (χ0n) is 10.4. The van der Waals surface area contributed by atoms with Crippen LogP contribution in [0.4, 0.5) is 11.4 Å². The summed E-state index contributed by atoms with van der Waals surface area (Å²) in [5.74, 6) is -0.869. The first-order valence-corrected chi connectivity index (χ1v) is 5.63. The molecule has 0 aromatic heterocycles. The first-order chi connectivity index (χ1) is 8.41. The van der Waals surface area contributed by atoms with Gasteiger partial charge in [-0.15, -0.1) is 0 Å². The lowest BCUT2D eigenvalue weighted by Crippen LogP contribution is -2.07. The summed E-state index contributed by atoms with van der Waals surface area (Å²) in [6.45, 7) is 4.09. The van der Waals surface area contributed by atoms with Crippen molar-refractivity contribution in [2.45, 2.75) is 26.7 Å². The van der Waals surface area contributed by atoms with Crippen molar-refractivity contribution in [2.75, 3.05) is 11.9 Å². The van der Waals surface area contributed by atoms with Gasteiger partial charge in [-0.3, -0.25) is 14.9 Å². The lowest BCUT2D eigenvalue weighted by atomic mass is 10.1. The highest BCUT2D eigenvalue weighted by molar-refractivity contribution is 5.67. The molecule has 0 bridgehead atoms. The molecule has 0 unspecified atom stereocenters. The Kier molecular flexibility index (Phi) is 4.65. The maximum absolute atomic E-state index is 10.9. The quantitative estimate of drug-likeness (QED) is 0.461. The van der Waals surface area contributed by atoms with Gasteiger partial charge in [0.1, 0.15) is 5.69 Å². The first kappa shape index (κ1) is 14.0. The van der Waals surface area contributed by atoms with Crippen molar-refractivity contribution >= 4 is 17.3 Å². The van der Waals surface area contributed by atoms with Crippen LogP contribution in [0.1, 0.15) is 24.0 Å². The van der Waals surface area contributed by atoms with Crippen LogP contribution in [0.5, 0.6) is 0 Å². The molecular formula is C12H16N2O4. The zero-order valence-corrected chi connectivity index (χ0v) is 10.4. The van der Waals surface area contributed by atoms with E-state index in [0.29, 0.717) is 18.7 Å². The monoisotopic (exact) mass is 252 g/mol. The molecule has 6 heteroatoms. The molecule has 1 aromatic rings. The smallest absolute Gasteiger partial charge is 0.303 e. The summed E-state index contributed by atoms with van der Waals surface area (Å²) < 4.78 is 0. The predicted molar refractivity (Wildman–Crippen MR) is 67.9 cm³/mol. The molecule has 0 radical (unpaired) electrons. The number of hydrogen-bond donors (Lipinski definition) is 2. The van der Waals surface area contributed by atoms with Crippen molar-refractivity contribution in [2.24, 2.45) is 0 Å². The van der Waals surface area contributed by atoms with E-state index in [-0.39, 0.29) is 12.1 Å². The van der Waals surface area contributed by atoms with Crippen molar-refractivity contribution in [1.82, 2.24) is 0 Å². The number of aryl methyl sites for hydroxylation is 2. The van der Waals surface area contributed by atoms with Crippen LogP contribution >= 0.6 is 0 Å². The largest absolute Gasteiger partial charge is 0.481 e. The molecule has 0 saturated heterocycles. The topological polar surface area (TPSA) is 92.5 Å². The fourth-order valence-electron chi connectivity index (χ4n) is 1.56. The second-order valence-electron chi connectivity index (χ2n) is 4.13. The van der Waals surface area contributed by atoms with Gasteiger partial charge in [-0.1, -0.05) is 0 Å².